The largest absolute Gasteiger partial charge is 0.497 e. The first-order valence-corrected chi connectivity index (χ1v) is 8.18. The quantitative estimate of drug-likeness (QED) is 0.546. The maximum absolute atomic E-state index is 10.7. The van der Waals surface area contributed by atoms with Gasteiger partial charge in [0.25, 0.3) is 0 Å². The van der Waals surface area contributed by atoms with E-state index in [4.69, 9.17) is 20.2 Å². The van der Waals surface area contributed by atoms with Gasteiger partial charge in [0.1, 0.15) is 11.5 Å². The van der Waals surface area contributed by atoms with E-state index in [0.717, 1.165) is 24.3 Å². The fourth-order valence-corrected chi connectivity index (χ4v) is 2.29. The Kier molecular flexibility index (Phi) is 6.29. The van der Waals surface area contributed by atoms with Crippen molar-refractivity contribution in [3.8, 4) is 11.5 Å². The Morgan fingerprint density at radius 3 is 2.22 bits per heavy atom. The minimum Gasteiger partial charge on any atom is -0.497 e. The molecular formula is C12H17ClO4S. The summed E-state index contributed by atoms with van der Waals surface area (Å²) in [5.41, 5.74) is 0. The lowest BCUT2D eigenvalue weighted by Crippen LogP contribution is -2.00. The van der Waals surface area contributed by atoms with E-state index in [0.29, 0.717) is 13.0 Å². The van der Waals surface area contributed by atoms with E-state index in [1.165, 1.54) is 0 Å². The van der Waals surface area contributed by atoms with Crippen LogP contribution < -0.4 is 9.47 Å². The van der Waals surface area contributed by atoms with Crippen molar-refractivity contribution < 1.29 is 17.9 Å². The molecule has 0 radical (unpaired) electrons. The van der Waals surface area contributed by atoms with Crippen LogP contribution in [0.25, 0.3) is 0 Å². The van der Waals surface area contributed by atoms with Crippen LogP contribution in [-0.4, -0.2) is 27.9 Å². The average molecular weight is 293 g/mol. The van der Waals surface area contributed by atoms with Gasteiger partial charge in [0, 0.05) is 10.7 Å². The zero-order valence-corrected chi connectivity index (χ0v) is 11.8. The standard InChI is InChI=1S/C12H17ClO4S/c1-16-11-5-7-12(8-6-11)17-9-3-2-4-10-18(13,14)15/h5-8H,2-4,9-10H2,1H3. The maximum Gasteiger partial charge on any atom is 0.232 e. The Hall–Kier alpha value is -0.940. The smallest absolute Gasteiger partial charge is 0.232 e. The van der Waals surface area contributed by atoms with Gasteiger partial charge in [0.05, 0.1) is 19.5 Å². The van der Waals surface area contributed by atoms with Crippen LogP contribution in [0, 0.1) is 0 Å². The van der Waals surface area contributed by atoms with Crippen molar-refractivity contribution in [3.05, 3.63) is 24.3 Å². The van der Waals surface area contributed by atoms with Crippen molar-refractivity contribution in [1.82, 2.24) is 0 Å². The molecular weight excluding hydrogens is 276 g/mol. The topological polar surface area (TPSA) is 52.6 Å². The number of benzene rings is 1. The molecule has 6 heteroatoms. The van der Waals surface area contributed by atoms with Gasteiger partial charge in [-0.2, -0.15) is 0 Å². The van der Waals surface area contributed by atoms with Gasteiger partial charge in [-0.05, 0) is 43.5 Å². The van der Waals surface area contributed by atoms with Gasteiger partial charge in [-0.25, -0.2) is 8.42 Å². The molecule has 0 saturated heterocycles. The van der Waals surface area contributed by atoms with Crippen molar-refractivity contribution in [1.29, 1.82) is 0 Å². The second-order valence-electron chi connectivity index (χ2n) is 3.83. The van der Waals surface area contributed by atoms with E-state index >= 15 is 0 Å². The Morgan fingerprint density at radius 2 is 1.67 bits per heavy atom. The summed E-state index contributed by atoms with van der Waals surface area (Å²) in [5, 5.41) is 0. The minimum absolute atomic E-state index is 0.0249. The summed E-state index contributed by atoms with van der Waals surface area (Å²) in [6.07, 6.45) is 2.15. The molecule has 0 saturated carbocycles. The van der Waals surface area contributed by atoms with Gasteiger partial charge in [-0.1, -0.05) is 0 Å². The molecule has 1 aromatic carbocycles. The highest BCUT2D eigenvalue weighted by Gasteiger charge is 2.03. The molecule has 0 atom stereocenters. The molecule has 102 valence electrons. The molecule has 0 fully saturated rings. The Labute approximate surface area is 112 Å². The number of halogens is 1. The van der Waals surface area contributed by atoms with Crippen molar-refractivity contribution in [3.63, 3.8) is 0 Å². The van der Waals surface area contributed by atoms with Crippen LogP contribution in [-0.2, 0) is 9.05 Å². The number of methoxy groups -OCH3 is 1. The molecule has 0 aliphatic rings. The first-order chi connectivity index (χ1) is 8.51. The first kappa shape index (κ1) is 15.1. The molecule has 0 aliphatic carbocycles. The third-order valence-electron chi connectivity index (χ3n) is 2.36. The number of hydrogen-bond donors (Lipinski definition) is 0. The monoisotopic (exact) mass is 292 g/mol. The van der Waals surface area contributed by atoms with Crippen LogP contribution in [0.3, 0.4) is 0 Å². The second-order valence-corrected chi connectivity index (χ2v) is 6.72. The average Bonchev–Trinajstić information content (AvgIpc) is 2.33. The molecule has 0 N–H and O–H groups in total. The maximum atomic E-state index is 10.7. The lowest BCUT2D eigenvalue weighted by molar-refractivity contribution is 0.305. The minimum atomic E-state index is -3.35. The van der Waals surface area contributed by atoms with E-state index in [9.17, 15) is 8.42 Å². The van der Waals surface area contributed by atoms with Gasteiger partial charge in [0.15, 0.2) is 0 Å². The summed E-state index contributed by atoms with van der Waals surface area (Å²) in [4.78, 5) is 0. The zero-order chi connectivity index (χ0) is 13.4. The summed E-state index contributed by atoms with van der Waals surface area (Å²) < 4.78 is 31.9. The molecule has 1 rings (SSSR count). The highest BCUT2D eigenvalue weighted by atomic mass is 35.7. The van der Waals surface area contributed by atoms with Gasteiger partial charge in [0.2, 0.25) is 9.05 Å². The van der Waals surface area contributed by atoms with E-state index in [2.05, 4.69) is 0 Å². The SMILES string of the molecule is COc1ccc(OCCCCCS(=O)(=O)Cl)cc1. The molecule has 0 bridgehead atoms. The molecule has 4 nitrogen and oxygen atoms in total. The molecule has 0 amide bonds. The fraction of sp³-hybridized carbons (Fsp3) is 0.500. The Balaban J connectivity index is 2.14. The van der Waals surface area contributed by atoms with Crippen LogP contribution >= 0.6 is 10.7 Å². The van der Waals surface area contributed by atoms with Gasteiger partial charge in [-0.3, -0.25) is 0 Å². The molecule has 0 unspecified atom stereocenters. The van der Waals surface area contributed by atoms with E-state index in [-0.39, 0.29) is 5.75 Å². The van der Waals surface area contributed by atoms with Crippen LogP contribution in [0.4, 0.5) is 0 Å². The van der Waals surface area contributed by atoms with E-state index in [1.54, 1.807) is 7.11 Å². The van der Waals surface area contributed by atoms with E-state index in [1.807, 2.05) is 24.3 Å². The summed E-state index contributed by atoms with van der Waals surface area (Å²) in [6.45, 7) is 0.564. The Morgan fingerprint density at radius 1 is 1.06 bits per heavy atom. The molecule has 1 aromatic rings. The van der Waals surface area contributed by atoms with Gasteiger partial charge < -0.3 is 9.47 Å². The lowest BCUT2D eigenvalue weighted by atomic mass is 10.2. The van der Waals surface area contributed by atoms with Crippen molar-refractivity contribution in [2.45, 2.75) is 19.3 Å². The third kappa shape index (κ3) is 6.71. The summed E-state index contributed by atoms with van der Waals surface area (Å²) in [5.74, 6) is 1.59. The molecule has 0 heterocycles. The number of unbranched alkanes of at least 4 members (excludes halogenated alkanes) is 2. The fourth-order valence-electron chi connectivity index (χ4n) is 1.42. The molecule has 18 heavy (non-hydrogen) atoms. The van der Waals surface area contributed by atoms with Crippen LogP contribution in [0.5, 0.6) is 11.5 Å². The molecule has 0 aliphatic heterocycles. The van der Waals surface area contributed by atoms with E-state index < -0.39 is 9.05 Å². The molecule has 0 aromatic heterocycles. The number of hydrogen-bond acceptors (Lipinski definition) is 4. The predicted molar refractivity (Wildman–Crippen MR) is 72.0 cm³/mol. The highest BCUT2D eigenvalue weighted by molar-refractivity contribution is 8.13. The number of rotatable bonds is 8. The summed E-state index contributed by atoms with van der Waals surface area (Å²) in [6, 6.07) is 7.33. The highest BCUT2D eigenvalue weighted by Crippen LogP contribution is 2.17. The normalized spacial score (nSPS) is 11.2. The lowest BCUT2D eigenvalue weighted by Gasteiger charge is -2.06. The van der Waals surface area contributed by atoms with Gasteiger partial charge >= 0.3 is 0 Å². The van der Waals surface area contributed by atoms with Crippen molar-refractivity contribution >= 4 is 19.7 Å². The Bertz CT molecular complexity index is 442. The zero-order valence-electron chi connectivity index (χ0n) is 10.3. The number of ether oxygens (including phenoxy) is 2. The second kappa shape index (κ2) is 7.48. The summed E-state index contributed by atoms with van der Waals surface area (Å²) in [7, 11) is 3.36. The molecule has 0 spiro atoms. The summed E-state index contributed by atoms with van der Waals surface area (Å²) >= 11 is 0. The third-order valence-corrected chi connectivity index (χ3v) is 3.60. The van der Waals surface area contributed by atoms with Crippen LogP contribution in [0.1, 0.15) is 19.3 Å². The van der Waals surface area contributed by atoms with Crippen molar-refractivity contribution in [2.75, 3.05) is 19.5 Å². The van der Waals surface area contributed by atoms with Crippen molar-refractivity contribution in [2.24, 2.45) is 0 Å². The predicted octanol–water partition coefficient (Wildman–Crippen LogP) is 2.81. The van der Waals surface area contributed by atoms with Crippen LogP contribution in [0.2, 0.25) is 0 Å². The first-order valence-electron chi connectivity index (χ1n) is 5.70. The van der Waals surface area contributed by atoms with Crippen LogP contribution in [0.15, 0.2) is 24.3 Å². The van der Waals surface area contributed by atoms with Gasteiger partial charge in [-0.15, -0.1) is 0 Å².